The molecule has 0 aliphatic rings. The van der Waals surface area contributed by atoms with E-state index < -0.39 is 6.61 Å². The van der Waals surface area contributed by atoms with Crippen molar-refractivity contribution in [3.05, 3.63) is 65.7 Å². The van der Waals surface area contributed by atoms with Gasteiger partial charge in [-0.25, -0.2) is 0 Å². The van der Waals surface area contributed by atoms with Gasteiger partial charge in [-0.2, -0.15) is 8.78 Å². The van der Waals surface area contributed by atoms with Gasteiger partial charge in [0.2, 0.25) is 5.91 Å². The number of halogens is 2. The van der Waals surface area contributed by atoms with Crippen molar-refractivity contribution in [1.82, 2.24) is 5.32 Å². The molecular weight excluding hydrogens is 316 g/mol. The Morgan fingerprint density at radius 2 is 1.92 bits per heavy atom. The third-order valence-corrected chi connectivity index (χ3v) is 3.16. The van der Waals surface area contributed by atoms with Crippen LogP contribution in [-0.4, -0.2) is 19.6 Å². The van der Waals surface area contributed by atoms with Crippen LogP contribution in [0.1, 0.15) is 11.1 Å². The molecule has 4 nitrogen and oxygen atoms in total. The maximum Gasteiger partial charge on any atom is 0.387 e. The van der Waals surface area contributed by atoms with E-state index in [-0.39, 0.29) is 17.4 Å². The number of carbonyl (C=O) groups is 1. The minimum absolute atomic E-state index is 0.109. The fourth-order valence-electron chi connectivity index (χ4n) is 2.05. The van der Waals surface area contributed by atoms with E-state index in [9.17, 15) is 13.6 Å². The second-order valence-electron chi connectivity index (χ2n) is 4.79. The summed E-state index contributed by atoms with van der Waals surface area (Å²) >= 11 is 0. The van der Waals surface area contributed by atoms with E-state index in [2.05, 4.69) is 10.1 Å². The summed E-state index contributed by atoms with van der Waals surface area (Å²) in [6.07, 6.45) is 2.66. The lowest BCUT2D eigenvalue weighted by molar-refractivity contribution is -0.116. The predicted molar refractivity (Wildman–Crippen MR) is 86.9 cm³/mol. The van der Waals surface area contributed by atoms with Crippen molar-refractivity contribution in [2.75, 3.05) is 7.11 Å². The van der Waals surface area contributed by atoms with Crippen LogP contribution in [0, 0.1) is 0 Å². The van der Waals surface area contributed by atoms with E-state index in [1.165, 1.54) is 25.3 Å². The summed E-state index contributed by atoms with van der Waals surface area (Å²) in [4.78, 5) is 11.9. The molecule has 0 aromatic heterocycles. The Morgan fingerprint density at radius 3 is 2.58 bits per heavy atom. The number of carbonyl (C=O) groups excluding carboxylic acids is 1. The minimum atomic E-state index is -2.99. The summed E-state index contributed by atoms with van der Waals surface area (Å²) in [7, 11) is 1.35. The number of nitrogens with one attached hydrogen (secondary N) is 1. The first kappa shape index (κ1) is 17.5. The van der Waals surface area contributed by atoms with Gasteiger partial charge < -0.3 is 14.8 Å². The monoisotopic (exact) mass is 333 g/mol. The Bertz CT molecular complexity index is 703. The van der Waals surface area contributed by atoms with Crippen molar-refractivity contribution in [2.45, 2.75) is 13.2 Å². The van der Waals surface area contributed by atoms with Crippen molar-refractivity contribution < 1.29 is 23.0 Å². The molecule has 0 aliphatic carbocycles. The Labute approximate surface area is 138 Å². The first-order valence-corrected chi connectivity index (χ1v) is 7.22. The second-order valence-corrected chi connectivity index (χ2v) is 4.79. The van der Waals surface area contributed by atoms with Crippen LogP contribution in [0.15, 0.2) is 54.6 Å². The molecule has 0 bridgehead atoms. The van der Waals surface area contributed by atoms with E-state index in [4.69, 9.17) is 4.74 Å². The molecule has 126 valence electrons. The zero-order valence-electron chi connectivity index (χ0n) is 13.0. The average Bonchev–Trinajstić information content (AvgIpc) is 2.59. The van der Waals surface area contributed by atoms with Crippen molar-refractivity contribution >= 4 is 12.0 Å². The van der Waals surface area contributed by atoms with E-state index in [0.29, 0.717) is 12.1 Å². The number of methoxy groups -OCH3 is 1. The molecular formula is C18H17F2NO3. The molecule has 6 heteroatoms. The Morgan fingerprint density at radius 1 is 1.17 bits per heavy atom. The van der Waals surface area contributed by atoms with Gasteiger partial charge in [-0.05, 0) is 17.7 Å². The molecule has 1 amide bonds. The van der Waals surface area contributed by atoms with Gasteiger partial charge in [0, 0.05) is 18.2 Å². The third-order valence-electron chi connectivity index (χ3n) is 3.16. The van der Waals surface area contributed by atoms with E-state index in [1.54, 1.807) is 12.1 Å². The predicted octanol–water partition coefficient (Wildman–Crippen LogP) is 3.63. The quantitative estimate of drug-likeness (QED) is 0.787. The molecule has 0 aliphatic heterocycles. The molecule has 0 atom stereocenters. The Hall–Kier alpha value is -2.89. The number of hydrogen-bond acceptors (Lipinski definition) is 3. The Balaban J connectivity index is 2.06. The van der Waals surface area contributed by atoms with Crippen LogP contribution in [0.2, 0.25) is 0 Å². The van der Waals surface area contributed by atoms with Crippen LogP contribution in [0.3, 0.4) is 0 Å². The standard InChI is InChI=1S/C18H17F2NO3/c1-23-15-9-5-8-14(17(15)24-18(19)20)10-11-16(22)21-12-13-6-3-2-4-7-13/h2-11,18H,12H2,1H3,(H,21,22)/b11-10+. The average molecular weight is 333 g/mol. The van der Waals surface area contributed by atoms with E-state index >= 15 is 0 Å². The molecule has 2 aromatic rings. The van der Waals surface area contributed by atoms with Crippen LogP contribution >= 0.6 is 0 Å². The molecule has 0 heterocycles. The number of amides is 1. The zero-order chi connectivity index (χ0) is 17.4. The number of hydrogen-bond donors (Lipinski definition) is 1. The fraction of sp³-hybridized carbons (Fsp3) is 0.167. The molecule has 0 saturated carbocycles. The lowest BCUT2D eigenvalue weighted by Gasteiger charge is -2.12. The van der Waals surface area contributed by atoms with Crippen LogP contribution in [0.5, 0.6) is 11.5 Å². The summed E-state index contributed by atoms with van der Waals surface area (Å²) in [5, 5.41) is 2.71. The molecule has 0 fully saturated rings. The van der Waals surface area contributed by atoms with Crippen molar-refractivity contribution in [2.24, 2.45) is 0 Å². The van der Waals surface area contributed by atoms with Crippen molar-refractivity contribution in [1.29, 1.82) is 0 Å². The lowest BCUT2D eigenvalue weighted by atomic mass is 10.1. The highest BCUT2D eigenvalue weighted by molar-refractivity contribution is 5.92. The number of para-hydroxylation sites is 1. The summed E-state index contributed by atoms with van der Waals surface area (Å²) in [5.41, 5.74) is 1.28. The Kier molecular flexibility index (Phi) is 6.31. The van der Waals surface area contributed by atoms with Crippen LogP contribution in [-0.2, 0) is 11.3 Å². The largest absolute Gasteiger partial charge is 0.493 e. The molecule has 2 rings (SSSR count). The maximum atomic E-state index is 12.5. The van der Waals surface area contributed by atoms with Crippen LogP contribution in [0.4, 0.5) is 8.78 Å². The number of ether oxygens (including phenoxy) is 2. The normalized spacial score (nSPS) is 10.8. The van der Waals surface area contributed by atoms with E-state index in [0.717, 1.165) is 5.56 Å². The highest BCUT2D eigenvalue weighted by atomic mass is 19.3. The maximum absolute atomic E-state index is 12.5. The number of benzene rings is 2. The van der Waals surface area contributed by atoms with Crippen molar-refractivity contribution in [3.8, 4) is 11.5 Å². The van der Waals surface area contributed by atoms with Gasteiger partial charge >= 0.3 is 6.61 Å². The molecule has 0 saturated heterocycles. The molecule has 1 N–H and O–H groups in total. The lowest BCUT2D eigenvalue weighted by Crippen LogP contribution is -2.20. The van der Waals surface area contributed by atoms with Gasteiger partial charge in [-0.1, -0.05) is 42.5 Å². The highest BCUT2D eigenvalue weighted by Crippen LogP contribution is 2.33. The van der Waals surface area contributed by atoms with Gasteiger partial charge in [0.05, 0.1) is 7.11 Å². The first-order valence-electron chi connectivity index (χ1n) is 7.22. The minimum Gasteiger partial charge on any atom is -0.493 e. The fourth-order valence-corrected chi connectivity index (χ4v) is 2.05. The van der Waals surface area contributed by atoms with Gasteiger partial charge in [0.15, 0.2) is 11.5 Å². The summed E-state index contributed by atoms with van der Waals surface area (Å²) in [6.45, 7) is -2.61. The molecule has 24 heavy (non-hydrogen) atoms. The smallest absolute Gasteiger partial charge is 0.387 e. The molecule has 2 aromatic carbocycles. The summed E-state index contributed by atoms with van der Waals surface area (Å²) in [5.74, 6) is -0.283. The van der Waals surface area contributed by atoms with Gasteiger partial charge in [-0.3, -0.25) is 4.79 Å². The van der Waals surface area contributed by atoms with Crippen LogP contribution in [0.25, 0.3) is 6.08 Å². The van der Waals surface area contributed by atoms with Crippen LogP contribution < -0.4 is 14.8 Å². The van der Waals surface area contributed by atoms with Gasteiger partial charge in [0.1, 0.15) is 0 Å². The van der Waals surface area contributed by atoms with Crippen molar-refractivity contribution in [3.63, 3.8) is 0 Å². The summed E-state index contributed by atoms with van der Waals surface area (Å²) in [6, 6.07) is 14.1. The van der Waals surface area contributed by atoms with E-state index in [1.807, 2.05) is 30.3 Å². The first-order chi connectivity index (χ1) is 11.6. The zero-order valence-corrected chi connectivity index (χ0v) is 13.0. The number of alkyl halides is 2. The second kappa shape index (κ2) is 8.67. The SMILES string of the molecule is COc1cccc(/C=C/C(=O)NCc2ccccc2)c1OC(F)F. The topological polar surface area (TPSA) is 47.6 Å². The summed E-state index contributed by atoms with van der Waals surface area (Å²) < 4.78 is 34.6. The third kappa shape index (κ3) is 5.08. The number of rotatable bonds is 7. The van der Waals surface area contributed by atoms with Gasteiger partial charge in [0.25, 0.3) is 0 Å². The molecule has 0 radical (unpaired) electrons. The molecule has 0 spiro atoms. The van der Waals surface area contributed by atoms with Gasteiger partial charge in [-0.15, -0.1) is 0 Å². The molecule has 0 unspecified atom stereocenters. The highest BCUT2D eigenvalue weighted by Gasteiger charge is 2.13.